The van der Waals surface area contributed by atoms with Crippen molar-refractivity contribution in [3.8, 4) is 0 Å². The van der Waals surface area contributed by atoms with Crippen molar-refractivity contribution in [1.82, 2.24) is 10.6 Å². The van der Waals surface area contributed by atoms with Gasteiger partial charge in [0, 0.05) is 24.7 Å². The maximum Gasteiger partial charge on any atom is 0.239 e. The molecule has 3 atom stereocenters. The lowest BCUT2D eigenvalue weighted by Gasteiger charge is -2.23. The van der Waals surface area contributed by atoms with Crippen LogP contribution in [-0.2, 0) is 25.6 Å². The van der Waals surface area contributed by atoms with E-state index in [4.69, 9.17) is 5.73 Å². The molecule has 0 spiro atoms. The normalized spacial score (nSPS) is 14.0. The average molecular weight is 432 g/mol. The minimum Gasteiger partial charge on any atom is -0.368 e. The van der Waals surface area contributed by atoms with Crippen LogP contribution in [0.4, 0.5) is 0 Å². The van der Waals surface area contributed by atoms with Gasteiger partial charge in [-0.2, -0.15) is 0 Å². The van der Waals surface area contributed by atoms with Crippen LogP contribution in [0.1, 0.15) is 52.5 Å². The first-order valence-electron chi connectivity index (χ1n) is 11.0. The van der Waals surface area contributed by atoms with Crippen molar-refractivity contribution in [2.24, 2.45) is 23.5 Å². The van der Waals surface area contributed by atoms with Crippen molar-refractivity contribution < 1.29 is 19.2 Å². The fourth-order valence-corrected chi connectivity index (χ4v) is 3.40. The van der Waals surface area contributed by atoms with E-state index in [2.05, 4.69) is 10.6 Å². The summed E-state index contributed by atoms with van der Waals surface area (Å²) < 4.78 is 0. The first-order valence-corrected chi connectivity index (χ1v) is 11.0. The molecule has 0 unspecified atom stereocenters. The van der Waals surface area contributed by atoms with Crippen LogP contribution in [0.3, 0.4) is 0 Å². The van der Waals surface area contributed by atoms with Gasteiger partial charge in [-0.3, -0.25) is 19.2 Å². The summed E-state index contributed by atoms with van der Waals surface area (Å²) in [5.41, 5.74) is 6.19. The predicted octanol–water partition coefficient (Wildman–Crippen LogP) is 2.03. The number of rotatable bonds is 15. The van der Waals surface area contributed by atoms with Crippen LogP contribution in [0.15, 0.2) is 30.3 Å². The van der Waals surface area contributed by atoms with E-state index in [1.807, 2.05) is 51.1 Å². The molecule has 1 aromatic carbocycles. The third-order valence-electron chi connectivity index (χ3n) is 5.34. The maximum atomic E-state index is 13.1. The van der Waals surface area contributed by atoms with Crippen molar-refractivity contribution in [2.45, 2.75) is 59.4 Å². The quantitative estimate of drug-likeness (QED) is 0.367. The zero-order chi connectivity index (χ0) is 23.4. The van der Waals surface area contributed by atoms with Crippen molar-refractivity contribution in [3.63, 3.8) is 0 Å². The third kappa shape index (κ3) is 9.87. The van der Waals surface area contributed by atoms with Crippen LogP contribution in [0.25, 0.3) is 0 Å². The fraction of sp³-hybridized carbons (Fsp3) is 0.583. The number of carbonyl (C=O) groups is 4. The zero-order valence-corrected chi connectivity index (χ0v) is 19.1. The van der Waals surface area contributed by atoms with Crippen LogP contribution in [-0.4, -0.2) is 42.5 Å². The number of nitrogens with two attached hydrogens (primary N) is 1. The number of amides is 2. The van der Waals surface area contributed by atoms with Gasteiger partial charge in [0.1, 0.15) is 17.6 Å². The largest absolute Gasteiger partial charge is 0.368 e. The van der Waals surface area contributed by atoms with Crippen LogP contribution in [0, 0.1) is 17.8 Å². The first kappa shape index (κ1) is 26.5. The smallest absolute Gasteiger partial charge is 0.239 e. The van der Waals surface area contributed by atoms with Crippen LogP contribution in [0.5, 0.6) is 0 Å². The number of hydrogen-bond donors (Lipinski definition) is 3. The first-order chi connectivity index (χ1) is 14.6. The number of carbonyl (C=O) groups excluding carboxylic acids is 4. The average Bonchev–Trinajstić information content (AvgIpc) is 2.72. The Morgan fingerprint density at radius 3 is 2.19 bits per heavy atom. The molecule has 172 valence electrons. The van der Waals surface area contributed by atoms with Gasteiger partial charge in [-0.1, -0.05) is 51.1 Å². The Morgan fingerprint density at radius 1 is 1.00 bits per heavy atom. The van der Waals surface area contributed by atoms with Gasteiger partial charge in [0.2, 0.25) is 11.8 Å². The second-order valence-electron chi connectivity index (χ2n) is 8.46. The number of benzene rings is 1. The van der Waals surface area contributed by atoms with Crippen LogP contribution >= 0.6 is 0 Å². The Bertz CT molecular complexity index is 734. The number of nitrogens with one attached hydrogen (secondary N) is 2. The molecule has 0 heterocycles. The lowest BCUT2D eigenvalue weighted by Crippen LogP contribution is -2.45. The van der Waals surface area contributed by atoms with Gasteiger partial charge in [0.15, 0.2) is 0 Å². The van der Waals surface area contributed by atoms with Crippen molar-refractivity contribution in [2.75, 3.05) is 13.1 Å². The van der Waals surface area contributed by atoms with E-state index in [1.165, 1.54) is 6.92 Å². The molecule has 0 fully saturated rings. The molecule has 0 aliphatic rings. The molecule has 0 saturated carbocycles. The van der Waals surface area contributed by atoms with Crippen molar-refractivity contribution in [3.05, 3.63) is 35.9 Å². The summed E-state index contributed by atoms with van der Waals surface area (Å²) in [7, 11) is 0. The Labute approximate surface area is 185 Å². The molecule has 0 aromatic heterocycles. The van der Waals surface area contributed by atoms with E-state index in [0.29, 0.717) is 6.42 Å². The van der Waals surface area contributed by atoms with Gasteiger partial charge in [-0.15, -0.1) is 0 Å². The summed E-state index contributed by atoms with van der Waals surface area (Å²) in [6.45, 7) is 8.36. The maximum absolute atomic E-state index is 13.1. The number of hydrogen-bond acceptors (Lipinski definition) is 5. The molecule has 2 amide bonds. The molecule has 31 heavy (non-hydrogen) atoms. The number of ketones is 2. The molecule has 1 rings (SSSR count). The van der Waals surface area contributed by atoms with E-state index < -0.39 is 23.8 Å². The highest BCUT2D eigenvalue weighted by Crippen LogP contribution is 2.23. The summed E-state index contributed by atoms with van der Waals surface area (Å²) in [6.07, 6.45) is 1.45. The molecular weight excluding hydrogens is 394 g/mol. The lowest BCUT2D eigenvalue weighted by atomic mass is 9.81. The standard InChI is InChI=1S/C24H37N3O4/c1-5-11-26-15-20(28)14-21(16(2)3)22(29)13-19(12-18-9-7-6-8-10-18)24(31)27-17(4)23(25)30/h6-10,16-17,19,21,26H,5,11-15H2,1-4H3,(H2,25,30)(H,27,31)/t17-,19+,21-/m0/s1. The number of Topliss-reactive ketones (excluding diaryl/α,β-unsaturated/α-hetero) is 2. The van der Waals surface area contributed by atoms with E-state index in [0.717, 1.165) is 18.5 Å². The van der Waals surface area contributed by atoms with E-state index in [1.54, 1.807) is 0 Å². The molecule has 1 aromatic rings. The van der Waals surface area contributed by atoms with Gasteiger partial charge in [-0.25, -0.2) is 0 Å². The third-order valence-corrected chi connectivity index (χ3v) is 5.34. The molecular formula is C24H37N3O4. The van der Waals surface area contributed by atoms with Crippen LogP contribution < -0.4 is 16.4 Å². The zero-order valence-electron chi connectivity index (χ0n) is 19.1. The monoisotopic (exact) mass is 431 g/mol. The van der Waals surface area contributed by atoms with Gasteiger partial charge < -0.3 is 16.4 Å². The highest BCUT2D eigenvalue weighted by molar-refractivity contribution is 5.93. The van der Waals surface area contributed by atoms with Gasteiger partial charge >= 0.3 is 0 Å². The van der Waals surface area contributed by atoms with Crippen molar-refractivity contribution >= 4 is 23.4 Å². The van der Waals surface area contributed by atoms with Gasteiger partial charge in [0.25, 0.3) is 0 Å². The Hall–Kier alpha value is -2.54. The van der Waals surface area contributed by atoms with E-state index in [9.17, 15) is 19.2 Å². The summed E-state index contributed by atoms with van der Waals surface area (Å²) in [5, 5.41) is 5.68. The summed E-state index contributed by atoms with van der Waals surface area (Å²) in [5.74, 6) is -2.26. The summed E-state index contributed by atoms with van der Waals surface area (Å²) in [4.78, 5) is 49.7. The SMILES string of the molecule is CCCNCC(=O)C[C@H](C(=O)C[C@@H](Cc1ccccc1)C(=O)N[C@@H](C)C(N)=O)C(C)C. The second-order valence-corrected chi connectivity index (χ2v) is 8.46. The highest BCUT2D eigenvalue weighted by Gasteiger charge is 2.30. The highest BCUT2D eigenvalue weighted by atomic mass is 16.2. The van der Waals surface area contributed by atoms with Gasteiger partial charge in [0.05, 0.1) is 6.54 Å². The molecule has 4 N–H and O–H groups in total. The topological polar surface area (TPSA) is 118 Å². The molecule has 0 radical (unpaired) electrons. The Balaban J connectivity index is 2.92. The molecule has 0 aliphatic carbocycles. The minimum absolute atomic E-state index is 0.00469. The fourth-order valence-electron chi connectivity index (χ4n) is 3.40. The molecule has 0 saturated heterocycles. The van der Waals surface area contributed by atoms with Crippen molar-refractivity contribution in [1.29, 1.82) is 0 Å². The molecule has 0 bridgehead atoms. The molecule has 7 nitrogen and oxygen atoms in total. The molecule has 7 heteroatoms. The van der Waals surface area contributed by atoms with Crippen LogP contribution in [0.2, 0.25) is 0 Å². The predicted molar refractivity (Wildman–Crippen MR) is 121 cm³/mol. The van der Waals surface area contributed by atoms with E-state index >= 15 is 0 Å². The Morgan fingerprint density at radius 2 is 1.65 bits per heavy atom. The lowest BCUT2D eigenvalue weighted by molar-refractivity contribution is -0.134. The van der Waals surface area contributed by atoms with E-state index in [-0.39, 0.29) is 42.8 Å². The van der Waals surface area contributed by atoms with Gasteiger partial charge in [-0.05, 0) is 37.8 Å². The minimum atomic E-state index is -0.826. The molecule has 0 aliphatic heterocycles. The summed E-state index contributed by atoms with van der Waals surface area (Å²) in [6, 6.07) is 8.59. The Kier molecular flexibility index (Phi) is 11.7. The summed E-state index contributed by atoms with van der Waals surface area (Å²) >= 11 is 0. The second kappa shape index (κ2) is 13.7. The number of primary amides is 1.